The maximum atomic E-state index is 6.09. The van der Waals surface area contributed by atoms with Gasteiger partial charge in [-0.15, -0.1) is 0 Å². The highest BCUT2D eigenvalue weighted by molar-refractivity contribution is 6.30. The number of nitrogens with one attached hydrogen (secondary N) is 1. The fourth-order valence-electron chi connectivity index (χ4n) is 2.80. The van der Waals surface area contributed by atoms with E-state index in [1.165, 1.54) is 31.2 Å². The number of hydrogen-bond acceptors (Lipinski definition) is 3. The summed E-state index contributed by atoms with van der Waals surface area (Å²) in [5.74, 6) is 0.730. The second-order valence-corrected chi connectivity index (χ2v) is 5.94. The molecule has 1 aliphatic carbocycles. The van der Waals surface area contributed by atoms with Crippen LogP contribution in [0.3, 0.4) is 0 Å². The van der Waals surface area contributed by atoms with E-state index in [9.17, 15) is 0 Å². The average Bonchev–Trinajstić information content (AvgIpc) is 2.45. The van der Waals surface area contributed by atoms with Crippen LogP contribution in [0.25, 0.3) is 0 Å². The van der Waals surface area contributed by atoms with Crippen molar-refractivity contribution in [1.29, 1.82) is 0 Å². The summed E-state index contributed by atoms with van der Waals surface area (Å²) >= 11 is 6.09. The van der Waals surface area contributed by atoms with E-state index in [1.54, 1.807) is 0 Å². The molecule has 0 aromatic heterocycles. The highest BCUT2D eigenvalue weighted by Gasteiger charge is 2.19. The van der Waals surface area contributed by atoms with Crippen molar-refractivity contribution in [2.24, 2.45) is 17.4 Å². The molecule has 0 bridgehead atoms. The number of halogens is 1. The molecule has 1 aromatic carbocycles. The van der Waals surface area contributed by atoms with Crippen molar-refractivity contribution < 1.29 is 0 Å². The van der Waals surface area contributed by atoms with E-state index < -0.39 is 0 Å². The predicted molar refractivity (Wildman–Crippen MR) is 81.0 cm³/mol. The first-order chi connectivity index (χ1) is 9.21. The van der Waals surface area contributed by atoms with Crippen LogP contribution in [0, 0.1) is 5.92 Å². The molecule has 0 unspecified atom stereocenters. The van der Waals surface area contributed by atoms with Crippen LogP contribution in [0.1, 0.15) is 36.8 Å². The Balaban J connectivity index is 1.84. The SMILES string of the molecule is NCc1cc(Cl)cc(CN[C@H]2CC[C@H](CN)CC2)c1. The highest BCUT2D eigenvalue weighted by Crippen LogP contribution is 2.23. The standard InChI is InChI=1S/C15H24ClN3/c16-14-6-12(9-18)5-13(7-14)10-19-15-3-1-11(8-17)2-4-15/h5-7,11,15,19H,1-4,8-10,17-18H2/t11-,15-. The third kappa shape index (κ3) is 4.46. The summed E-state index contributed by atoms with van der Waals surface area (Å²) in [6, 6.07) is 6.68. The van der Waals surface area contributed by atoms with Crippen LogP contribution in [-0.4, -0.2) is 12.6 Å². The smallest absolute Gasteiger partial charge is 0.0412 e. The van der Waals surface area contributed by atoms with Crippen molar-refractivity contribution in [1.82, 2.24) is 5.32 Å². The quantitative estimate of drug-likeness (QED) is 0.777. The summed E-state index contributed by atoms with van der Waals surface area (Å²) < 4.78 is 0. The van der Waals surface area contributed by atoms with E-state index >= 15 is 0 Å². The van der Waals surface area contributed by atoms with Crippen molar-refractivity contribution in [3.63, 3.8) is 0 Å². The normalized spacial score (nSPS) is 23.5. The molecule has 0 spiro atoms. The first-order valence-electron chi connectivity index (χ1n) is 7.13. The average molecular weight is 282 g/mol. The Hall–Kier alpha value is -0.610. The molecular formula is C15H24ClN3. The maximum Gasteiger partial charge on any atom is 0.0412 e. The van der Waals surface area contributed by atoms with Crippen LogP contribution in [0.4, 0.5) is 0 Å². The predicted octanol–water partition coefficient (Wildman–Crippen LogP) is 2.41. The van der Waals surface area contributed by atoms with Gasteiger partial charge in [0.25, 0.3) is 0 Å². The van der Waals surface area contributed by atoms with E-state index in [1.807, 2.05) is 12.1 Å². The molecule has 0 radical (unpaired) electrons. The molecule has 2 rings (SSSR count). The second kappa shape index (κ2) is 7.25. The minimum absolute atomic E-state index is 0.537. The molecule has 0 atom stereocenters. The topological polar surface area (TPSA) is 64.1 Å². The van der Waals surface area contributed by atoms with E-state index in [0.717, 1.165) is 29.6 Å². The summed E-state index contributed by atoms with van der Waals surface area (Å²) in [6.07, 6.45) is 4.95. The van der Waals surface area contributed by atoms with E-state index in [-0.39, 0.29) is 0 Å². The van der Waals surface area contributed by atoms with Crippen LogP contribution in [-0.2, 0) is 13.1 Å². The van der Waals surface area contributed by atoms with E-state index in [0.29, 0.717) is 12.6 Å². The summed E-state index contributed by atoms with van der Waals surface area (Å²) in [5.41, 5.74) is 13.7. The molecule has 0 amide bonds. The van der Waals surface area contributed by atoms with Crippen LogP contribution in [0.2, 0.25) is 5.02 Å². The summed E-state index contributed by atoms with van der Waals surface area (Å²) in [6.45, 7) is 2.24. The molecule has 1 aliphatic rings. The van der Waals surface area contributed by atoms with Gasteiger partial charge < -0.3 is 16.8 Å². The fraction of sp³-hybridized carbons (Fsp3) is 0.600. The fourth-order valence-corrected chi connectivity index (χ4v) is 3.08. The maximum absolute atomic E-state index is 6.09. The number of rotatable bonds is 5. The third-order valence-electron chi connectivity index (χ3n) is 4.03. The van der Waals surface area contributed by atoms with Gasteiger partial charge in [0.05, 0.1) is 0 Å². The van der Waals surface area contributed by atoms with Crippen LogP contribution < -0.4 is 16.8 Å². The van der Waals surface area contributed by atoms with Crippen LogP contribution in [0.5, 0.6) is 0 Å². The number of benzene rings is 1. The zero-order valence-corrected chi connectivity index (χ0v) is 12.1. The van der Waals surface area contributed by atoms with Gasteiger partial charge in [0.1, 0.15) is 0 Å². The summed E-state index contributed by atoms with van der Waals surface area (Å²) in [7, 11) is 0. The van der Waals surface area contributed by atoms with Gasteiger partial charge in [-0.25, -0.2) is 0 Å². The summed E-state index contributed by atoms with van der Waals surface area (Å²) in [4.78, 5) is 0. The molecule has 106 valence electrons. The molecule has 0 saturated heterocycles. The van der Waals surface area contributed by atoms with E-state index in [4.69, 9.17) is 23.1 Å². The Morgan fingerprint density at radius 2 is 1.74 bits per heavy atom. The zero-order valence-electron chi connectivity index (χ0n) is 11.4. The molecule has 5 N–H and O–H groups in total. The van der Waals surface area contributed by atoms with Crippen LogP contribution in [0.15, 0.2) is 18.2 Å². The highest BCUT2D eigenvalue weighted by atomic mass is 35.5. The molecule has 1 saturated carbocycles. The van der Waals surface area contributed by atoms with Crippen LogP contribution >= 0.6 is 11.6 Å². The van der Waals surface area contributed by atoms with E-state index in [2.05, 4.69) is 11.4 Å². The third-order valence-corrected chi connectivity index (χ3v) is 4.25. The Morgan fingerprint density at radius 1 is 1.05 bits per heavy atom. The minimum atomic E-state index is 0.537. The lowest BCUT2D eigenvalue weighted by Crippen LogP contribution is -2.34. The largest absolute Gasteiger partial charge is 0.330 e. The summed E-state index contributed by atoms with van der Waals surface area (Å²) in [5, 5.41) is 4.39. The second-order valence-electron chi connectivity index (χ2n) is 5.51. The lowest BCUT2D eigenvalue weighted by molar-refractivity contribution is 0.296. The molecule has 1 fully saturated rings. The van der Waals surface area contributed by atoms with Gasteiger partial charge in [-0.2, -0.15) is 0 Å². The molecule has 0 aliphatic heterocycles. The number of hydrogen-bond donors (Lipinski definition) is 3. The Bertz CT molecular complexity index is 400. The van der Waals surface area contributed by atoms with Gasteiger partial charge in [-0.05, 0) is 61.4 Å². The lowest BCUT2D eigenvalue weighted by Gasteiger charge is -2.28. The van der Waals surface area contributed by atoms with Crippen molar-refractivity contribution >= 4 is 11.6 Å². The van der Waals surface area contributed by atoms with Gasteiger partial charge in [0.2, 0.25) is 0 Å². The van der Waals surface area contributed by atoms with Gasteiger partial charge in [-0.3, -0.25) is 0 Å². The van der Waals surface area contributed by atoms with Crippen molar-refractivity contribution in [3.8, 4) is 0 Å². The Labute approximate surface area is 120 Å². The van der Waals surface area contributed by atoms with Gasteiger partial charge in [0, 0.05) is 24.2 Å². The molecule has 19 heavy (non-hydrogen) atoms. The first-order valence-corrected chi connectivity index (χ1v) is 7.51. The molecule has 1 aromatic rings. The zero-order chi connectivity index (χ0) is 13.7. The molecule has 4 heteroatoms. The molecular weight excluding hydrogens is 258 g/mol. The van der Waals surface area contributed by atoms with Gasteiger partial charge in [-0.1, -0.05) is 17.7 Å². The minimum Gasteiger partial charge on any atom is -0.330 e. The van der Waals surface area contributed by atoms with Crippen molar-refractivity contribution in [3.05, 3.63) is 34.3 Å². The lowest BCUT2D eigenvalue weighted by atomic mass is 9.86. The monoisotopic (exact) mass is 281 g/mol. The molecule has 3 nitrogen and oxygen atoms in total. The first kappa shape index (κ1) is 14.8. The van der Waals surface area contributed by atoms with Crippen molar-refractivity contribution in [2.75, 3.05) is 6.54 Å². The number of nitrogens with two attached hydrogens (primary N) is 2. The van der Waals surface area contributed by atoms with Crippen molar-refractivity contribution in [2.45, 2.75) is 44.8 Å². The Kier molecular flexibility index (Phi) is 5.64. The van der Waals surface area contributed by atoms with Gasteiger partial charge >= 0.3 is 0 Å². The Morgan fingerprint density at radius 3 is 2.37 bits per heavy atom. The molecule has 0 heterocycles. The van der Waals surface area contributed by atoms with Gasteiger partial charge in [0.15, 0.2) is 0 Å².